The van der Waals surface area contributed by atoms with Gasteiger partial charge in [0.05, 0.1) is 28.2 Å². The molecular formula is C31H25N5O8S. The Labute approximate surface area is 261 Å². The number of hydrogen-bond acceptors (Lipinski definition) is 9. The van der Waals surface area contributed by atoms with Crippen LogP contribution in [0.2, 0.25) is 0 Å². The fourth-order valence-electron chi connectivity index (χ4n) is 4.90. The SMILES string of the molecule is CCOc1cccc(N2C(=O)/C(=C/c3cc(C)n(-c4ccc(Oc5ccc([N+](=O)[O-])cc5[N+](=O)[O-])cc4)c3C)C(=O)NC2=S)c1. The Hall–Kier alpha value is -5.89. The normalized spacial score (nSPS) is 14.0. The first-order valence-electron chi connectivity index (χ1n) is 13.5. The summed E-state index contributed by atoms with van der Waals surface area (Å²) in [6, 6.07) is 18.5. The summed E-state index contributed by atoms with van der Waals surface area (Å²) in [6.07, 6.45) is 1.52. The number of carbonyl (C=O) groups excluding carboxylic acids is 2. The first kappa shape index (κ1) is 30.6. The standard InChI is InChI=1S/C31H25N5O8S/c1-4-43-25-7-5-6-22(16-25)34-30(38)26(29(37)32-31(34)45)15-20-14-18(2)33(19(20)3)21-8-11-24(12-9-21)44-28-13-10-23(35(39)40)17-27(28)36(41)42/h5-17H,4H2,1-3H3,(H,32,37,45)/b26-15+. The number of aromatic nitrogens is 1. The van der Waals surface area contributed by atoms with Crippen LogP contribution in [0, 0.1) is 34.1 Å². The monoisotopic (exact) mass is 627 g/mol. The molecule has 14 heteroatoms. The molecule has 0 radical (unpaired) electrons. The van der Waals surface area contributed by atoms with E-state index in [2.05, 4.69) is 5.32 Å². The number of anilines is 1. The molecule has 1 aliphatic rings. The molecule has 228 valence electrons. The van der Waals surface area contributed by atoms with Crippen LogP contribution in [0.5, 0.6) is 17.2 Å². The zero-order valence-electron chi connectivity index (χ0n) is 24.2. The number of nitro benzene ring substituents is 2. The van der Waals surface area contributed by atoms with E-state index in [1.54, 1.807) is 48.5 Å². The van der Waals surface area contributed by atoms with Crippen molar-refractivity contribution in [2.45, 2.75) is 20.8 Å². The molecule has 0 saturated carbocycles. The number of nitrogens with one attached hydrogen (secondary N) is 1. The number of nitro groups is 2. The highest BCUT2D eigenvalue weighted by Gasteiger charge is 2.35. The van der Waals surface area contributed by atoms with Crippen LogP contribution >= 0.6 is 12.2 Å². The Morgan fingerprint density at radius 2 is 1.64 bits per heavy atom. The number of amides is 2. The van der Waals surface area contributed by atoms with E-state index in [0.717, 1.165) is 29.2 Å². The van der Waals surface area contributed by atoms with Gasteiger partial charge in [0.15, 0.2) is 5.11 Å². The van der Waals surface area contributed by atoms with Gasteiger partial charge in [-0.1, -0.05) is 6.07 Å². The Kier molecular flexibility index (Phi) is 8.41. The molecular weight excluding hydrogens is 602 g/mol. The van der Waals surface area contributed by atoms with E-state index in [4.69, 9.17) is 21.7 Å². The molecule has 0 unspecified atom stereocenters. The first-order chi connectivity index (χ1) is 21.5. The summed E-state index contributed by atoms with van der Waals surface area (Å²) in [7, 11) is 0. The molecule has 13 nitrogen and oxygen atoms in total. The van der Waals surface area contributed by atoms with E-state index in [1.165, 1.54) is 17.0 Å². The Morgan fingerprint density at radius 1 is 0.911 bits per heavy atom. The molecule has 1 aliphatic heterocycles. The van der Waals surface area contributed by atoms with Gasteiger partial charge in [0.1, 0.15) is 17.1 Å². The number of nitrogens with zero attached hydrogens (tertiary/aromatic N) is 4. The lowest BCUT2D eigenvalue weighted by molar-refractivity contribution is -0.394. The minimum atomic E-state index is -0.749. The van der Waals surface area contributed by atoms with Crippen LogP contribution in [-0.2, 0) is 9.59 Å². The van der Waals surface area contributed by atoms with E-state index < -0.39 is 33.0 Å². The van der Waals surface area contributed by atoms with Gasteiger partial charge in [0.25, 0.3) is 17.5 Å². The lowest BCUT2D eigenvalue weighted by Crippen LogP contribution is -2.54. The van der Waals surface area contributed by atoms with Gasteiger partial charge in [-0.2, -0.15) is 0 Å². The number of carbonyl (C=O) groups is 2. The molecule has 0 atom stereocenters. The van der Waals surface area contributed by atoms with E-state index in [0.29, 0.717) is 23.6 Å². The van der Waals surface area contributed by atoms with Crippen molar-refractivity contribution in [2.75, 3.05) is 11.5 Å². The highest BCUT2D eigenvalue weighted by atomic mass is 32.1. The third kappa shape index (κ3) is 6.12. The molecule has 0 spiro atoms. The summed E-state index contributed by atoms with van der Waals surface area (Å²) in [4.78, 5) is 48.7. The fourth-order valence-corrected chi connectivity index (χ4v) is 5.18. The number of aryl methyl sites for hydroxylation is 1. The maximum atomic E-state index is 13.6. The van der Waals surface area contributed by atoms with E-state index >= 15 is 0 Å². The highest BCUT2D eigenvalue weighted by Crippen LogP contribution is 2.35. The molecule has 5 rings (SSSR count). The molecule has 2 heterocycles. The van der Waals surface area contributed by atoms with Crippen LogP contribution in [0.25, 0.3) is 11.8 Å². The average molecular weight is 628 g/mol. The van der Waals surface area contributed by atoms with Crippen molar-refractivity contribution in [1.82, 2.24) is 9.88 Å². The lowest BCUT2D eigenvalue weighted by atomic mass is 10.1. The van der Waals surface area contributed by atoms with Gasteiger partial charge in [-0.25, -0.2) is 0 Å². The summed E-state index contributed by atoms with van der Waals surface area (Å²) in [5, 5.41) is 25.0. The van der Waals surface area contributed by atoms with Gasteiger partial charge in [-0.05, 0) is 93.2 Å². The minimum Gasteiger partial charge on any atom is -0.494 e. The van der Waals surface area contributed by atoms with Gasteiger partial charge >= 0.3 is 5.69 Å². The van der Waals surface area contributed by atoms with E-state index in [-0.39, 0.29) is 22.2 Å². The molecule has 4 aromatic rings. The second-order valence-electron chi connectivity index (χ2n) is 9.81. The van der Waals surface area contributed by atoms with Crippen LogP contribution in [-0.4, -0.2) is 37.9 Å². The van der Waals surface area contributed by atoms with Gasteiger partial charge in [0.2, 0.25) is 5.75 Å². The first-order valence-corrected chi connectivity index (χ1v) is 13.9. The van der Waals surface area contributed by atoms with Crippen molar-refractivity contribution in [2.24, 2.45) is 0 Å². The number of hydrogen-bond donors (Lipinski definition) is 1. The predicted molar refractivity (Wildman–Crippen MR) is 169 cm³/mol. The number of benzene rings is 3. The molecule has 45 heavy (non-hydrogen) atoms. The summed E-state index contributed by atoms with van der Waals surface area (Å²) in [6.45, 7) is 5.99. The van der Waals surface area contributed by atoms with Crippen molar-refractivity contribution < 1.29 is 28.9 Å². The molecule has 2 amide bonds. The highest BCUT2D eigenvalue weighted by molar-refractivity contribution is 7.80. The number of ether oxygens (including phenoxy) is 2. The number of rotatable bonds is 9. The minimum absolute atomic E-state index is 0.0392. The molecule has 0 bridgehead atoms. The zero-order valence-corrected chi connectivity index (χ0v) is 25.0. The fraction of sp³-hybridized carbons (Fsp3) is 0.129. The maximum Gasteiger partial charge on any atom is 0.318 e. The summed E-state index contributed by atoms with van der Waals surface area (Å²) in [5.74, 6) is -0.513. The summed E-state index contributed by atoms with van der Waals surface area (Å²) < 4.78 is 13.1. The largest absolute Gasteiger partial charge is 0.494 e. The number of thiocarbonyl (C=S) groups is 1. The Morgan fingerprint density at radius 3 is 2.31 bits per heavy atom. The molecule has 3 aromatic carbocycles. The van der Waals surface area contributed by atoms with Crippen molar-refractivity contribution in [3.05, 3.63) is 116 Å². The van der Waals surface area contributed by atoms with Crippen LogP contribution in [0.15, 0.2) is 78.4 Å². The average Bonchev–Trinajstić information content (AvgIpc) is 3.28. The van der Waals surface area contributed by atoms with Crippen LogP contribution < -0.4 is 19.7 Å². The topological polar surface area (TPSA) is 159 Å². The summed E-state index contributed by atoms with van der Waals surface area (Å²) in [5.41, 5.74) is 2.28. The third-order valence-corrected chi connectivity index (χ3v) is 7.22. The van der Waals surface area contributed by atoms with Gasteiger partial charge < -0.3 is 14.0 Å². The lowest BCUT2D eigenvalue weighted by Gasteiger charge is -2.29. The predicted octanol–water partition coefficient (Wildman–Crippen LogP) is 5.93. The maximum absolute atomic E-state index is 13.6. The van der Waals surface area contributed by atoms with Gasteiger partial charge in [-0.3, -0.25) is 40.0 Å². The molecule has 1 fully saturated rings. The quantitative estimate of drug-likeness (QED) is 0.0780. The summed E-state index contributed by atoms with van der Waals surface area (Å²) >= 11 is 5.32. The van der Waals surface area contributed by atoms with Crippen molar-refractivity contribution in [3.8, 4) is 22.9 Å². The zero-order chi connectivity index (χ0) is 32.4. The van der Waals surface area contributed by atoms with E-state index in [1.807, 2.05) is 31.4 Å². The second kappa shape index (κ2) is 12.4. The molecule has 0 aliphatic carbocycles. The van der Waals surface area contributed by atoms with E-state index in [9.17, 15) is 29.8 Å². The smallest absolute Gasteiger partial charge is 0.318 e. The Balaban J connectivity index is 1.42. The van der Waals surface area contributed by atoms with Crippen molar-refractivity contribution in [1.29, 1.82) is 0 Å². The number of non-ortho nitro benzene ring substituents is 1. The van der Waals surface area contributed by atoms with Crippen LogP contribution in [0.3, 0.4) is 0 Å². The molecule has 1 N–H and O–H groups in total. The van der Waals surface area contributed by atoms with Gasteiger partial charge in [-0.15, -0.1) is 0 Å². The molecule has 1 saturated heterocycles. The molecule has 1 aromatic heterocycles. The second-order valence-corrected chi connectivity index (χ2v) is 10.2. The third-order valence-electron chi connectivity index (χ3n) is 6.93. The van der Waals surface area contributed by atoms with Crippen LogP contribution in [0.4, 0.5) is 17.1 Å². The van der Waals surface area contributed by atoms with Crippen LogP contribution in [0.1, 0.15) is 23.9 Å². The van der Waals surface area contributed by atoms with Crippen molar-refractivity contribution in [3.63, 3.8) is 0 Å². The Bertz CT molecular complexity index is 1920. The van der Waals surface area contributed by atoms with Gasteiger partial charge in [0, 0.05) is 29.2 Å². The van der Waals surface area contributed by atoms with Crippen molar-refractivity contribution >= 4 is 52.3 Å².